The van der Waals surface area contributed by atoms with Crippen LogP contribution in [0, 0.1) is 0 Å². The van der Waals surface area contributed by atoms with E-state index in [1.807, 2.05) is 36.5 Å². The molecule has 0 spiro atoms. The highest BCUT2D eigenvalue weighted by molar-refractivity contribution is 6.06. The number of rotatable bonds is 7. The molecule has 11 heteroatoms. The Morgan fingerprint density at radius 1 is 1.07 bits per heavy atom. The van der Waals surface area contributed by atoms with Gasteiger partial charge in [-0.3, -0.25) is 19.0 Å². The molecule has 2 amide bonds. The number of ether oxygens (including phenoxy) is 1. The lowest BCUT2D eigenvalue weighted by molar-refractivity contribution is -0.118. The zero-order chi connectivity index (χ0) is 21.3. The lowest BCUT2D eigenvalue weighted by Crippen LogP contribution is -2.45. The van der Waals surface area contributed by atoms with Crippen molar-refractivity contribution in [3.05, 3.63) is 60.2 Å². The van der Waals surface area contributed by atoms with Crippen LogP contribution in [-0.4, -0.2) is 51.5 Å². The van der Waals surface area contributed by atoms with E-state index < -0.39 is 11.8 Å². The van der Waals surface area contributed by atoms with Gasteiger partial charge in [0.25, 0.3) is 11.8 Å². The molecule has 0 unspecified atom stereocenters. The molecular formula is C19H20N8O3. The number of methoxy groups -OCH3 is 1. The molecule has 1 aliphatic heterocycles. The lowest BCUT2D eigenvalue weighted by atomic mass is 10.2. The summed E-state index contributed by atoms with van der Waals surface area (Å²) in [6.07, 6.45) is 3.60. The number of amides is 2. The largest absolute Gasteiger partial charge is 0.383 e. The Bertz CT molecular complexity index is 1140. The van der Waals surface area contributed by atoms with Gasteiger partial charge in [-0.2, -0.15) is 4.98 Å². The number of hydrogen-bond acceptors (Lipinski definition) is 8. The van der Waals surface area contributed by atoms with Crippen LogP contribution in [-0.2, 0) is 14.3 Å². The number of fused-ring (bicyclic) bond motifs is 1. The molecule has 0 atom stereocenters. The van der Waals surface area contributed by atoms with E-state index in [4.69, 9.17) is 16.2 Å². The molecule has 1 aromatic carbocycles. The average molecular weight is 408 g/mol. The van der Waals surface area contributed by atoms with Gasteiger partial charge in [-0.1, -0.05) is 30.3 Å². The molecule has 4 rings (SSSR count). The first-order valence-corrected chi connectivity index (χ1v) is 9.07. The van der Waals surface area contributed by atoms with Gasteiger partial charge in [0.15, 0.2) is 11.5 Å². The van der Waals surface area contributed by atoms with Crippen molar-refractivity contribution in [2.45, 2.75) is 0 Å². The van der Waals surface area contributed by atoms with E-state index >= 15 is 0 Å². The van der Waals surface area contributed by atoms with Crippen molar-refractivity contribution in [2.24, 2.45) is 11.5 Å². The molecule has 1 aliphatic rings. The van der Waals surface area contributed by atoms with Gasteiger partial charge in [-0.05, 0) is 6.07 Å². The summed E-state index contributed by atoms with van der Waals surface area (Å²) in [7, 11) is 1.52. The van der Waals surface area contributed by atoms with Crippen molar-refractivity contribution in [1.29, 1.82) is 0 Å². The van der Waals surface area contributed by atoms with E-state index in [1.54, 1.807) is 16.7 Å². The van der Waals surface area contributed by atoms with Gasteiger partial charge in [-0.25, -0.2) is 9.99 Å². The third kappa shape index (κ3) is 3.43. The molecule has 30 heavy (non-hydrogen) atoms. The summed E-state index contributed by atoms with van der Waals surface area (Å²) in [5, 5.41) is 2.72. The van der Waals surface area contributed by atoms with Crippen LogP contribution in [0.2, 0.25) is 0 Å². The van der Waals surface area contributed by atoms with Crippen molar-refractivity contribution >= 4 is 23.4 Å². The molecule has 11 nitrogen and oxygen atoms in total. The molecule has 0 fully saturated rings. The van der Waals surface area contributed by atoms with E-state index in [2.05, 4.69) is 15.5 Å². The van der Waals surface area contributed by atoms with Crippen molar-refractivity contribution in [3.8, 4) is 11.3 Å². The van der Waals surface area contributed by atoms with Crippen molar-refractivity contribution < 1.29 is 14.3 Å². The molecule has 0 saturated carbocycles. The zero-order valence-electron chi connectivity index (χ0n) is 16.1. The van der Waals surface area contributed by atoms with E-state index in [-0.39, 0.29) is 24.5 Å². The van der Waals surface area contributed by atoms with Crippen LogP contribution in [0.1, 0.15) is 0 Å². The number of anilines is 1. The SMILES string of the molecule is COCCN1NN(c2ccn3cc(-c4ccccc4)nc3n2)C(C(N)=O)=C1C(N)=O. The summed E-state index contributed by atoms with van der Waals surface area (Å²) in [6.45, 7) is 0.544. The van der Waals surface area contributed by atoms with Crippen LogP contribution >= 0.6 is 0 Å². The number of imidazole rings is 1. The second-order valence-corrected chi connectivity index (χ2v) is 6.49. The molecule has 0 bridgehead atoms. The number of nitrogens with zero attached hydrogens (tertiary/aromatic N) is 5. The summed E-state index contributed by atoms with van der Waals surface area (Å²) in [6, 6.07) is 11.3. The zero-order valence-corrected chi connectivity index (χ0v) is 16.1. The summed E-state index contributed by atoms with van der Waals surface area (Å²) in [5.74, 6) is -0.900. The summed E-state index contributed by atoms with van der Waals surface area (Å²) in [4.78, 5) is 33.2. The van der Waals surface area contributed by atoms with Crippen LogP contribution in [0.4, 0.5) is 5.82 Å². The first-order valence-electron chi connectivity index (χ1n) is 9.07. The predicted molar refractivity (Wildman–Crippen MR) is 108 cm³/mol. The maximum absolute atomic E-state index is 12.1. The van der Waals surface area contributed by atoms with Gasteiger partial charge in [0.1, 0.15) is 5.70 Å². The monoisotopic (exact) mass is 408 g/mol. The maximum atomic E-state index is 12.1. The second kappa shape index (κ2) is 7.81. The van der Waals surface area contributed by atoms with E-state index in [9.17, 15) is 9.59 Å². The first-order chi connectivity index (χ1) is 14.5. The fourth-order valence-electron chi connectivity index (χ4n) is 3.18. The third-order valence-electron chi connectivity index (χ3n) is 4.53. The Labute approximate surface area is 171 Å². The topological polar surface area (TPSA) is 144 Å². The van der Waals surface area contributed by atoms with Crippen molar-refractivity contribution in [3.63, 3.8) is 0 Å². The summed E-state index contributed by atoms with van der Waals surface area (Å²) in [5.41, 5.74) is 15.5. The standard InChI is InChI=1S/C19H20N8O3/c1-30-10-9-26-15(17(20)28)16(18(21)29)27(24-26)14-7-8-25-11-13(22-19(25)23-14)12-5-3-2-4-6-12/h2-8,11,24H,9-10H2,1H3,(H2,20,28)(H2,21,29). The van der Waals surface area contributed by atoms with Gasteiger partial charge in [0, 0.05) is 25.1 Å². The van der Waals surface area contributed by atoms with Crippen molar-refractivity contribution in [1.82, 2.24) is 24.9 Å². The number of nitrogens with two attached hydrogens (primary N) is 2. The summed E-state index contributed by atoms with van der Waals surface area (Å²) >= 11 is 0. The Morgan fingerprint density at radius 2 is 1.80 bits per heavy atom. The number of benzene rings is 1. The van der Waals surface area contributed by atoms with E-state index in [0.717, 1.165) is 11.3 Å². The number of hydrazine groups is 2. The highest BCUT2D eigenvalue weighted by Crippen LogP contribution is 2.26. The molecule has 3 heterocycles. The highest BCUT2D eigenvalue weighted by atomic mass is 16.5. The molecule has 5 N–H and O–H groups in total. The van der Waals surface area contributed by atoms with Gasteiger partial charge < -0.3 is 16.2 Å². The molecule has 0 saturated heterocycles. The molecule has 154 valence electrons. The van der Waals surface area contributed by atoms with Crippen molar-refractivity contribution in [2.75, 3.05) is 25.3 Å². The molecule has 2 aromatic heterocycles. The lowest BCUT2D eigenvalue weighted by Gasteiger charge is -2.23. The fraction of sp³-hybridized carbons (Fsp3) is 0.158. The Morgan fingerprint density at radius 3 is 2.47 bits per heavy atom. The second-order valence-electron chi connectivity index (χ2n) is 6.49. The minimum atomic E-state index is -0.828. The van der Waals surface area contributed by atoms with Gasteiger partial charge >= 0.3 is 0 Å². The molecule has 0 radical (unpaired) electrons. The fourth-order valence-corrected chi connectivity index (χ4v) is 3.18. The first kappa shape index (κ1) is 19.4. The molecule has 3 aromatic rings. The Hall–Kier alpha value is -3.96. The van der Waals surface area contributed by atoms with Gasteiger partial charge in [-0.15, -0.1) is 5.53 Å². The van der Waals surface area contributed by atoms with E-state index in [0.29, 0.717) is 11.6 Å². The summed E-state index contributed by atoms with van der Waals surface area (Å²) < 4.78 is 6.81. The quantitative estimate of drug-likeness (QED) is 0.486. The van der Waals surface area contributed by atoms with Crippen LogP contribution in [0.15, 0.2) is 60.2 Å². The molecule has 0 aliphatic carbocycles. The number of carbonyl (C=O) groups is 2. The highest BCUT2D eigenvalue weighted by Gasteiger charge is 2.37. The molecular weight excluding hydrogens is 388 g/mol. The third-order valence-corrected chi connectivity index (χ3v) is 4.53. The Kier molecular flexibility index (Phi) is 5.04. The number of primary amides is 2. The number of nitrogens with one attached hydrogen (secondary N) is 1. The predicted octanol–water partition coefficient (Wildman–Crippen LogP) is -0.233. The number of carbonyl (C=O) groups excluding carboxylic acids is 2. The number of aromatic nitrogens is 3. The minimum absolute atomic E-state index is 0.0606. The van der Waals surface area contributed by atoms with E-state index in [1.165, 1.54) is 17.1 Å². The van der Waals surface area contributed by atoms with Crippen LogP contribution in [0.5, 0.6) is 0 Å². The van der Waals surface area contributed by atoms with Crippen LogP contribution in [0.25, 0.3) is 17.0 Å². The smallest absolute Gasteiger partial charge is 0.269 e. The van der Waals surface area contributed by atoms with Crippen LogP contribution in [0.3, 0.4) is 0 Å². The normalized spacial score (nSPS) is 14.0. The van der Waals surface area contributed by atoms with Gasteiger partial charge in [0.05, 0.1) is 18.8 Å². The maximum Gasteiger partial charge on any atom is 0.269 e. The number of hydrogen-bond donors (Lipinski definition) is 3. The van der Waals surface area contributed by atoms with Crippen LogP contribution < -0.4 is 22.0 Å². The average Bonchev–Trinajstić information content (AvgIpc) is 3.34. The van der Waals surface area contributed by atoms with Gasteiger partial charge in [0.2, 0.25) is 5.78 Å². The minimum Gasteiger partial charge on any atom is -0.383 e. The Balaban J connectivity index is 1.74.